The van der Waals surface area contributed by atoms with Crippen molar-refractivity contribution >= 4 is 0 Å². The molecule has 106 valence electrons. The molecule has 1 aliphatic carbocycles. The molecule has 4 heteroatoms. The summed E-state index contributed by atoms with van der Waals surface area (Å²) in [6.45, 7) is 1.87. The van der Waals surface area contributed by atoms with Crippen LogP contribution in [0.1, 0.15) is 62.3 Å². The zero-order valence-corrected chi connectivity index (χ0v) is 11.9. The second-order valence-electron chi connectivity index (χ2n) is 5.75. The molecule has 2 N–H and O–H groups in total. The van der Waals surface area contributed by atoms with Crippen molar-refractivity contribution < 1.29 is 4.52 Å². The van der Waals surface area contributed by atoms with Gasteiger partial charge in [-0.2, -0.15) is 4.98 Å². The van der Waals surface area contributed by atoms with Gasteiger partial charge in [0.25, 0.3) is 0 Å². The Kier molecular flexibility index (Phi) is 3.57. The summed E-state index contributed by atoms with van der Waals surface area (Å²) in [5.74, 6) is 1.33. The van der Waals surface area contributed by atoms with E-state index >= 15 is 0 Å². The van der Waals surface area contributed by atoms with Crippen molar-refractivity contribution in [3.05, 3.63) is 47.6 Å². The largest absolute Gasteiger partial charge is 0.338 e. The summed E-state index contributed by atoms with van der Waals surface area (Å²) >= 11 is 0. The summed E-state index contributed by atoms with van der Waals surface area (Å²) in [6, 6.07) is 10.3. The van der Waals surface area contributed by atoms with Crippen LogP contribution in [0.5, 0.6) is 0 Å². The van der Waals surface area contributed by atoms with Crippen LogP contribution in [-0.2, 0) is 5.41 Å². The van der Waals surface area contributed by atoms with Crippen LogP contribution >= 0.6 is 0 Å². The summed E-state index contributed by atoms with van der Waals surface area (Å²) < 4.78 is 5.34. The van der Waals surface area contributed by atoms with E-state index in [1.165, 1.54) is 24.8 Å². The van der Waals surface area contributed by atoms with Crippen LogP contribution in [0.4, 0.5) is 0 Å². The van der Waals surface area contributed by atoms with Gasteiger partial charge in [0.1, 0.15) is 0 Å². The van der Waals surface area contributed by atoms with Crippen LogP contribution in [0.15, 0.2) is 34.9 Å². The van der Waals surface area contributed by atoms with Gasteiger partial charge in [-0.05, 0) is 25.3 Å². The summed E-state index contributed by atoms with van der Waals surface area (Å²) in [5, 5.41) is 4.24. The molecular formula is C16H21N3O. The molecule has 1 atom stereocenters. The molecule has 1 saturated carbocycles. The predicted octanol–water partition coefficient (Wildman–Crippen LogP) is 3.34. The van der Waals surface area contributed by atoms with Crippen LogP contribution in [0.25, 0.3) is 0 Å². The average Bonchev–Trinajstić information content (AvgIpc) is 2.99. The molecule has 0 spiro atoms. The first kappa shape index (κ1) is 13.3. The third-order valence-corrected chi connectivity index (χ3v) is 4.29. The second kappa shape index (κ2) is 5.37. The van der Waals surface area contributed by atoms with Crippen molar-refractivity contribution in [3.63, 3.8) is 0 Å². The van der Waals surface area contributed by atoms with Gasteiger partial charge in [-0.25, -0.2) is 0 Å². The third kappa shape index (κ3) is 2.24. The van der Waals surface area contributed by atoms with Gasteiger partial charge >= 0.3 is 0 Å². The Labute approximate surface area is 119 Å². The topological polar surface area (TPSA) is 64.9 Å². The number of hydrogen-bond donors (Lipinski definition) is 1. The quantitative estimate of drug-likeness (QED) is 0.929. The SMILES string of the molecule is CC(N)c1nc(C2(c3ccccc3)CCCCC2)no1. The van der Waals surface area contributed by atoms with Crippen LogP contribution in [0, 0.1) is 0 Å². The molecule has 0 radical (unpaired) electrons. The maximum atomic E-state index is 5.84. The molecule has 1 fully saturated rings. The van der Waals surface area contributed by atoms with Crippen molar-refractivity contribution in [2.45, 2.75) is 50.5 Å². The number of nitrogens with two attached hydrogens (primary N) is 1. The third-order valence-electron chi connectivity index (χ3n) is 4.29. The first-order valence-corrected chi connectivity index (χ1v) is 7.37. The standard InChI is InChI=1S/C16H21N3O/c1-12(17)14-18-15(19-20-14)16(10-6-3-7-11-16)13-8-4-2-5-9-13/h2,4-5,8-9,12H,3,6-7,10-11,17H2,1H3. The van der Waals surface area contributed by atoms with E-state index in [1.807, 2.05) is 13.0 Å². The zero-order valence-electron chi connectivity index (χ0n) is 11.9. The van der Waals surface area contributed by atoms with Gasteiger partial charge < -0.3 is 10.3 Å². The second-order valence-corrected chi connectivity index (χ2v) is 5.75. The lowest BCUT2D eigenvalue weighted by molar-refractivity contribution is 0.306. The van der Waals surface area contributed by atoms with E-state index in [1.54, 1.807) is 0 Å². The summed E-state index contributed by atoms with van der Waals surface area (Å²) in [7, 11) is 0. The normalized spacial score (nSPS) is 19.7. The fourth-order valence-corrected chi connectivity index (χ4v) is 3.17. The molecule has 0 saturated heterocycles. The van der Waals surface area contributed by atoms with E-state index in [9.17, 15) is 0 Å². The predicted molar refractivity (Wildman–Crippen MR) is 77.2 cm³/mol. The van der Waals surface area contributed by atoms with Gasteiger partial charge in [-0.3, -0.25) is 0 Å². The van der Waals surface area contributed by atoms with Crippen LogP contribution in [0.3, 0.4) is 0 Å². The lowest BCUT2D eigenvalue weighted by Gasteiger charge is -2.35. The molecule has 4 nitrogen and oxygen atoms in total. The lowest BCUT2D eigenvalue weighted by Crippen LogP contribution is -2.31. The number of hydrogen-bond acceptors (Lipinski definition) is 4. The number of benzene rings is 1. The maximum Gasteiger partial charge on any atom is 0.243 e. The fraction of sp³-hybridized carbons (Fsp3) is 0.500. The Morgan fingerprint density at radius 2 is 1.85 bits per heavy atom. The molecule has 3 rings (SSSR count). The Morgan fingerprint density at radius 1 is 1.15 bits per heavy atom. The molecule has 0 bridgehead atoms. The van der Waals surface area contributed by atoms with Gasteiger partial charge in [0.2, 0.25) is 5.89 Å². The minimum Gasteiger partial charge on any atom is -0.338 e. The number of nitrogens with zero attached hydrogens (tertiary/aromatic N) is 2. The highest BCUT2D eigenvalue weighted by atomic mass is 16.5. The lowest BCUT2D eigenvalue weighted by atomic mass is 9.69. The molecule has 1 unspecified atom stereocenters. The first-order chi connectivity index (χ1) is 9.72. The highest BCUT2D eigenvalue weighted by Gasteiger charge is 2.40. The number of rotatable bonds is 3. The Bertz CT molecular complexity index is 556. The van der Waals surface area contributed by atoms with E-state index < -0.39 is 0 Å². The highest BCUT2D eigenvalue weighted by molar-refractivity contribution is 5.33. The molecule has 0 amide bonds. The van der Waals surface area contributed by atoms with Gasteiger partial charge in [-0.15, -0.1) is 0 Å². The average molecular weight is 271 g/mol. The Hall–Kier alpha value is -1.68. The van der Waals surface area contributed by atoms with Crippen LogP contribution < -0.4 is 5.73 Å². The van der Waals surface area contributed by atoms with E-state index in [4.69, 9.17) is 10.3 Å². The molecule has 1 heterocycles. The molecule has 2 aromatic rings. The van der Waals surface area contributed by atoms with E-state index in [-0.39, 0.29) is 11.5 Å². The molecular weight excluding hydrogens is 250 g/mol. The highest BCUT2D eigenvalue weighted by Crippen LogP contribution is 2.43. The van der Waals surface area contributed by atoms with Crippen molar-refractivity contribution in [1.29, 1.82) is 0 Å². The summed E-state index contributed by atoms with van der Waals surface area (Å²) in [6.07, 6.45) is 5.85. The van der Waals surface area contributed by atoms with Gasteiger partial charge in [0.05, 0.1) is 11.5 Å². The fourth-order valence-electron chi connectivity index (χ4n) is 3.17. The van der Waals surface area contributed by atoms with Crippen molar-refractivity contribution in [2.75, 3.05) is 0 Å². The van der Waals surface area contributed by atoms with E-state index in [0.29, 0.717) is 5.89 Å². The zero-order chi connectivity index (χ0) is 14.0. The minimum absolute atomic E-state index is 0.101. The smallest absolute Gasteiger partial charge is 0.243 e. The molecule has 20 heavy (non-hydrogen) atoms. The maximum absolute atomic E-state index is 5.84. The molecule has 1 aliphatic rings. The summed E-state index contributed by atoms with van der Waals surface area (Å²) in [4.78, 5) is 4.58. The van der Waals surface area contributed by atoms with E-state index in [0.717, 1.165) is 18.7 Å². The number of aromatic nitrogens is 2. The van der Waals surface area contributed by atoms with Gasteiger partial charge in [0, 0.05) is 0 Å². The monoisotopic (exact) mass is 271 g/mol. The minimum atomic E-state index is -0.215. The van der Waals surface area contributed by atoms with Crippen molar-refractivity contribution in [1.82, 2.24) is 10.1 Å². The van der Waals surface area contributed by atoms with Crippen molar-refractivity contribution in [2.24, 2.45) is 5.73 Å². The van der Waals surface area contributed by atoms with Crippen LogP contribution in [0.2, 0.25) is 0 Å². The molecule has 0 aliphatic heterocycles. The Morgan fingerprint density at radius 3 is 2.45 bits per heavy atom. The molecule has 1 aromatic carbocycles. The summed E-state index contributed by atoms with van der Waals surface area (Å²) in [5.41, 5.74) is 7.03. The first-order valence-electron chi connectivity index (χ1n) is 7.37. The molecule has 1 aromatic heterocycles. The Balaban J connectivity index is 2.05. The van der Waals surface area contributed by atoms with Gasteiger partial charge in [0.15, 0.2) is 5.82 Å². The van der Waals surface area contributed by atoms with E-state index in [2.05, 4.69) is 34.4 Å². The van der Waals surface area contributed by atoms with Gasteiger partial charge in [-0.1, -0.05) is 54.8 Å². The van der Waals surface area contributed by atoms with Crippen LogP contribution in [-0.4, -0.2) is 10.1 Å². The van der Waals surface area contributed by atoms with Crippen molar-refractivity contribution in [3.8, 4) is 0 Å².